The van der Waals surface area contributed by atoms with Gasteiger partial charge in [0.25, 0.3) is 0 Å². The number of aliphatic hydroxyl groups is 4. The number of aromatic amines is 1. The number of hydrogen-bond donors (Lipinski definition) is 6. The van der Waals surface area contributed by atoms with E-state index in [1.807, 2.05) is 12.1 Å². The molecule has 2 aromatic heterocycles. The van der Waals surface area contributed by atoms with Crippen LogP contribution in [0.5, 0.6) is 0 Å². The lowest BCUT2D eigenvalue weighted by Crippen LogP contribution is -2.30. The largest absolute Gasteiger partial charge is 0.394 e. The van der Waals surface area contributed by atoms with Crippen LogP contribution in [-0.2, 0) is 0 Å². The van der Waals surface area contributed by atoms with E-state index >= 15 is 0 Å². The Bertz CT molecular complexity index is 765. The van der Waals surface area contributed by atoms with Gasteiger partial charge in [-0.3, -0.25) is 0 Å². The molecule has 1 aromatic carbocycles. The number of rotatable bonds is 5. The monoisotopic (exact) mass is 346 g/mol. The lowest BCUT2D eigenvalue weighted by atomic mass is 10.0. The Morgan fingerprint density at radius 3 is 2.36 bits per heavy atom. The van der Waals surface area contributed by atoms with Crippen molar-refractivity contribution in [2.24, 2.45) is 0 Å². The van der Waals surface area contributed by atoms with Gasteiger partial charge in [-0.25, -0.2) is 9.97 Å². The van der Waals surface area contributed by atoms with E-state index in [0.717, 1.165) is 11.0 Å². The first kappa shape index (κ1) is 18.8. The second-order valence-electron chi connectivity index (χ2n) is 5.48. The summed E-state index contributed by atoms with van der Waals surface area (Å²) in [5.74, 6) is 0.520. The SMILES string of the molecule is Nc1ncnc2[nH]ccc12.OCC(O)C(O)CC(O)c1ccccc1. The number of benzene rings is 1. The Morgan fingerprint density at radius 2 is 1.72 bits per heavy atom. The van der Waals surface area contributed by atoms with Gasteiger partial charge < -0.3 is 31.1 Å². The fraction of sp³-hybridized carbons (Fsp3) is 0.294. The molecule has 0 spiro atoms. The third kappa shape index (κ3) is 5.23. The topological polar surface area (TPSA) is 149 Å². The molecule has 0 radical (unpaired) electrons. The van der Waals surface area contributed by atoms with Crippen LogP contribution < -0.4 is 5.73 Å². The van der Waals surface area contributed by atoms with Gasteiger partial charge in [0, 0.05) is 12.6 Å². The molecule has 0 aliphatic rings. The molecule has 0 aliphatic heterocycles. The van der Waals surface area contributed by atoms with Crippen LogP contribution in [0, 0.1) is 0 Å². The molecule has 0 bridgehead atoms. The molecule has 134 valence electrons. The molecule has 0 saturated carbocycles. The molecular formula is C17H22N4O4. The Balaban J connectivity index is 0.000000194. The van der Waals surface area contributed by atoms with Crippen LogP contribution in [0.3, 0.4) is 0 Å². The van der Waals surface area contributed by atoms with Crippen molar-refractivity contribution >= 4 is 16.9 Å². The highest BCUT2D eigenvalue weighted by atomic mass is 16.4. The summed E-state index contributed by atoms with van der Waals surface area (Å²) >= 11 is 0. The summed E-state index contributed by atoms with van der Waals surface area (Å²) in [6, 6.07) is 10.7. The van der Waals surface area contributed by atoms with Crippen LogP contribution in [0.15, 0.2) is 48.9 Å². The van der Waals surface area contributed by atoms with Crippen LogP contribution in [0.25, 0.3) is 11.0 Å². The van der Waals surface area contributed by atoms with Gasteiger partial charge in [-0.15, -0.1) is 0 Å². The number of aliphatic hydroxyl groups excluding tert-OH is 4. The van der Waals surface area contributed by atoms with Crippen LogP contribution in [0.2, 0.25) is 0 Å². The fourth-order valence-corrected chi connectivity index (χ4v) is 2.21. The van der Waals surface area contributed by atoms with Crippen molar-refractivity contribution in [1.82, 2.24) is 15.0 Å². The van der Waals surface area contributed by atoms with E-state index in [1.54, 1.807) is 30.5 Å². The summed E-state index contributed by atoms with van der Waals surface area (Å²) in [5.41, 5.74) is 7.00. The highest BCUT2D eigenvalue weighted by Crippen LogP contribution is 2.19. The van der Waals surface area contributed by atoms with Gasteiger partial charge in [0.05, 0.1) is 24.2 Å². The first-order chi connectivity index (χ1) is 12.0. The Morgan fingerprint density at radius 1 is 1.00 bits per heavy atom. The van der Waals surface area contributed by atoms with Gasteiger partial charge in [-0.05, 0) is 11.6 Å². The summed E-state index contributed by atoms with van der Waals surface area (Å²) in [6.07, 6.45) is 0.0752. The van der Waals surface area contributed by atoms with Crippen molar-refractivity contribution < 1.29 is 20.4 Å². The van der Waals surface area contributed by atoms with Crippen molar-refractivity contribution in [1.29, 1.82) is 0 Å². The lowest BCUT2D eigenvalue weighted by Gasteiger charge is -2.19. The summed E-state index contributed by atoms with van der Waals surface area (Å²) in [5, 5.41) is 37.6. The molecule has 0 amide bonds. The van der Waals surface area contributed by atoms with Crippen molar-refractivity contribution in [3.8, 4) is 0 Å². The first-order valence-corrected chi connectivity index (χ1v) is 7.76. The van der Waals surface area contributed by atoms with Crippen molar-refractivity contribution in [3.63, 3.8) is 0 Å². The molecule has 2 heterocycles. The number of hydrogen-bond acceptors (Lipinski definition) is 7. The normalized spacial score (nSPS) is 14.4. The van der Waals surface area contributed by atoms with Gasteiger partial charge >= 0.3 is 0 Å². The van der Waals surface area contributed by atoms with E-state index in [-0.39, 0.29) is 6.42 Å². The number of anilines is 1. The van der Waals surface area contributed by atoms with E-state index in [2.05, 4.69) is 15.0 Å². The number of nitrogens with one attached hydrogen (secondary N) is 1. The summed E-state index contributed by atoms with van der Waals surface area (Å²) < 4.78 is 0. The number of nitrogens with zero attached hydrogens (tertiary/aromatic N) is 2. The number of aromatic nitrogens is 3. The maximum Gasteiger partial charge on any atom is 0.142 e. The number of H-pyrrole nitrogens is 1. The first-order valence-electron chi connectivity index (χ1n) is 7.76. The second kappa shape index (κ2) is 9.09. The molecule has 8 heteroatoms. The molecule has 25 heavy (non-hydrogen) atoms. The number of fused-ring (bicyclic) bond motifs is 1. The van der Waals surface area contributed by atoms with Gasteiger partial charge in [0.1, 0.15) is 23.9 Å². The molecular weight excluding hydrogens is 324 g/mol. The zero-order valence-corrected chi connectivity index (χ0v) is 13.5. The molecule has 3 aromatic rings. The highest BCUT2D eigenvalue weighted by Gasteiger charge is 2.19. The van der Waals surface area contributed by atoms with E-state index in [4.69, 9.17) is 15.9 Å². The molecule has 3 unspecified atom stereocenters. The second-order valence-corrected chi connectivity index (χ2v) is 5.48. The maximum absolute atomic E-state index is 9.68. The zero-order chi connectivity index (χ0) is 18.2. The summed E-state index contributed by atoms with van der Waals surface area (Å²) in [7, 11) is 0. The molecule has 0 aliphatic carbocycles. The van der Waals surface area contributed by atoms with E-state index in [9.17, 15) is 10.2 Å². The molecule has 0 fully saturated rings. The van der Waals surface area contributed by atoms with Crippen LogP contribution >= 0.6 is 0 Å². The molecule has 3 rings (SSSR count). The highest BCUT2D eigenvalue weighted by molar-refractivity contribution is 5.85. The molecule has 7 N–H and O–H groups in total. The average Bonchev–Trinajstić information content (AvgIpc) is 3.12. The fourth-order valence-electron chi connectivity index (χ4n) is 2.21. The van der Waals surface area contributed by atoms with E-state index < -0.39 is 24.9 Å². The predicted octanol–water partition coefficient (Wildman–Crippen LogP) is 0.364. The number of nitrogen functional groups attached to an aromatic ring is 1. The smallest absolute Gasteiger partial charge is 0.142 e. The van der Waals surface area contributed by atoms with Gasteiger partial charge in [-0.1, -0.05) is 30.3 Å². The minimum absolute atomic E-state index is 0.00569. The van der Waals surface area contributed by atoms with Gasteiger partial charge in [-0.2, -0.15) is 0 Å². The maximum atomic E-state index is 9.68. The minimum atomic E-state index is -1.21. The van der Waals surface area contributed by atoms with Crippen LogP contribution in [0.4, 0.5) is 5.82 Å². The average molecular weight is 346 g/mol. The Labute approximate surface area is 144 Å². The molecule has 0 saturated heterocycles. The predicted molar refractivity (Wildman–Crippen MR) is 93.4 cm³/mol. The van der Waals surface area contributed by atoms with Crippen LogP contribution in [0.1, 0.15) is 18.1 Å². The third-order valence-corrected chi connectivity index (χ3v) is 3.67. The lowest BCUT2D eigenvalue weighted by molar-refractivity contribution is -0.0367. The van der Waals surface area contributed by atoms with Crippen molar-refractivity contribution in [2.45, 2.75) is 24.7 Å². The third-order valence-electron chi connectivity index (χ3n) is 3.67. The van der Waals surface area contributed by atoms with Gasteiger partial charge in [0.15, 0.2) is 0 Å². The van der Waals surface area contributed by atoms with Crippen LogP contribution in [-0.4, -0.2) is 54.2 Å². The standard InChI is InChI=1S/C11H16O4.C6H6N4/c12-7-11(15)10(14)6-9(13)8-4-2-1-3-5-8;7-5-4-1-2-8-6(4)10-3-9-5/h1-5,9-15H,6-7H2;1-3H,(H3,7,8,9,10). The minimum Gasteiger partial charge on any atom is -0.394 e. The van der Waals surface area contributed by atoms with E-state index in [1.165, 1.54) is 6.33 Å². The summed E-state index contributed by atoms with van der Waals surface area (Å²) in [6.45, 7) is -0.511. The van der Waals surface area contributed by atoms with Gasteiger partial charge in [0.2, 0.25) is 0 Å². The van der Waals surface area contributed by atoms with E-state index in [0.29, 0.717) is 11.4 Å². The molecule has 3 atom stereocenters. The van der Waals surface area contributed by atoms with Crippen molar-refractivity contribution in [3.05, 3.63) is 54.5 Å². The summed E-state index contributed by atoms with van der Waals surface area (Å²) in [4.78, 5) is 10.7. The Kier molecular flexibility index (Phi) is 6.84. The quantitative estimate of drug-likeness (QED) is 0.391. The van der Waals surface area contributed by atoms with Crippen molar-refractivity contribution in [2.75, 3.05) is 12.3 Å². The molecule has 8 nitrogen and oxygen atoms in total. The Hall–Kier alpha value is -2.52. The number of nitrogens with two attached hydrogens (primary N) is 1. The zero-order valence-electron chi connectivity index (χ0n) is 13.5.